The molecule has 2 N–H and O–H groups in total. The summed E-state index contributed by atoms with van der Waals surface area (Å²) in [6, 6.07) is 18.3. The van der Waals surface area contributed by atoms with Crippen molar-refractivity contribution in [2.24, 2.45) is 5.10 Å². The molecule has 1 atom stereocenters. The largest absolute Gasteiger partial charge is 0.573 e. The van der Waals surface area contributed by atoms with Crippen molar-refractivity contribution in [2.75, 3.05) is 15.6 Å². The summed E-state index contributed by atoms with van der Waals surface area (Å²) in [4.78, 5) is 12.5. The van der Waals surface area contributed by atoms with E-state index in [0.29, 0.717) is 28.6 Å². The molecule has 2 amide bonds. The molecular weight excluding hydrogens is 485 g/mol. The van der Waals surface area contributed by atoms with E-state index in [9.17, 15) is 18.0 Å². The molecule has 7 nitrogen and oxygen atoms in total. The smallest absolute Gasteiger partial charge is 0.466 e. The molecule has 0 aliphatic carbocycles. The Hall–Kier alpha value is -3.92. The highest BCUT2D eigenvalue weighted by Gasteiger charge is 2.31. The molecule has 0 fully saturated rings. The molecule has 1 heterocycles. The fourth-order valence-corrected chi connectivity index (χ4v) is 3.63. The number of hydrogen-bond acceptors (Lipinski definition) is 5. The number of alkyl halides is 3. The molecule has 0 radical (unpaired) electrons. The molecule has 0 aromatic heterocycles. The number of anilines is 3. The summed E-state index contributed by atoms with van der Waals surface area (Å²) < 4.78 is 47.0. The molecule has 0 spiro atoms. The summed E-state index contributed by atoms with van der Waals surface area (Å²) in [5, 5.41) is 12.0. The number of carbonyl (C=O) groups excluding carboxylic acids is 1. The van der Waals surface area contributed by atoms with E-state index in [1.807, 2.05) is 25.1 Å². The number of halogens is 4. The first-order chi connectivity index (χ1) is 16.7. The molecule has 1 aliphatic heterocycles. The van der Waals surface area contributed by atoms with E-state index in [1.165, 1.54) is 12.1 Å². The number of urea groups is 1. The van der Waals surface area contributed by atoms with Gasteiger partial charge in [0.15, 0.2) is 6.23 Å². The number of ether oxygens (including phenoxy) is 2. The number of rotatable bonds is 6. The average molecular weight is 505 g/mol. The number of hydrazone groups is 1. The first-order valence-corrected chi connectivity index (χ1v) is 10.8. The maximum Gasteiger partial charge on any atom is 0.573 e. The van der Waals surface area contributed by atoms with E-state index < -0.39 is 18.6 Å². The number of amides is 2. The monoisotopic (exact) mass is 504 g/mol. The third kappa shape index (κ3) is 6.36. The van der Waals surface area contributed by atoms with Gasteiger partial charge in [-0.05, 0) is 55.5 Å². The van der Waals surface area contributed by atoms with Gasteiger partial charge in [-0.2, -0.15) is 5.10 Å². The van der Waals surface area contributed by atoms with Gasteiger partial charge in [-0.3, -0.25) is 0 Å². The quantitative estimate of drug-likeness (QED) is 0.384. The molecule has 1 unspecified atom stereocenters. The SMILES string of the molecule is CC1=NN(c2ccccc2Cl)C(Oc2ccccc2NC(=O)Nc2ccc(OC(F)(F)F)cc2)C1. The number of nitrogens with one attached hydrogen (secondary N) is 2. The van der Waals surface area contributed by atoms with Crippen LogP contribution in [-0.4, -0.2) is 24.3 Å². The van der Waals surface area contributed by atoms with Crippen molar-refractivity contribution in [3.63, 3.8) is 0 Å². The Balaban J connectivity index is 1.44. The predicted molar refractivity (Wildman–Crippen MR) is 128 cm³/mol. The van der Waals surface area contributed by atoms with Crippen molar-refractivity contribution >= 4 is 40.4 Å². The van der Waals surface area contributed by atoms with E-state index >= 15 is 0 Å². The van der Waals surface area contributed by atoms with Gasteiger partial charge in [-0.25, -0.2) is 9.80 Å². The van der Waals surface area contributed by atoms with Crippen molar-refractivity contribution in [1.29, 1.82) is 0 Å². The van der Waals surface area contributed by atoms with Crippen LogP contribution in [-0.2, 0) is 0 Å². The maximum absolute atomic E-state index is 12.5. The molecule has 4 rings (SSSR count). The number of benzene rings is 3. The van der Waals surface area contributed by atoms with E-state index in [2.05, 4.69) is 20.5 Å². The summed E-state index contributed by atoms with van der Waals surface area (Å²) in [6.07, 6.45) is -4.75. The minimum atomic E-state index is -4.79. The standard InChI is InChI=1S/C24H20ClF3N4O3/c1-15-14-22(32(31-15)20-8-4-2-6-18(20)25)34-21-9-5-3-7-19(21)30-23(33)29-16-10-12-17(13-11-16)35-24(26,27)28/h2-13,22H,14H2,1H3,(H2,29,30,33). The zero-order valence-electron chi connectivity index (χ0n) is 18.3. The number of carbonyl (C=O) groups is 1. The first kappa shape index (κ1) is 24.2. The van der Waals surface area contributed by atoms with Crippen LogP contribution in [0.2, 0.25) is 5.02 Å². The van der Waals surface area contributed by atoms with Gasteiger partial charge >= 0.3 is 12.4 Å². The molecule has 182 valence electrons. The zero-order chi connectivity index (χ0) is 25.0. The third-order valence-electron chi connectivity index (χ3n) is 4.86. The maximum atomic E-state index is 12.5. The highest BCUT2D eigenvalue weighted by molar-refractivity contribution is 6.33. The average Bonchev–Trinajstić information content (AvgIpc) is 3.15. The Morgan fingerprint density at radius 3 is 2.43 bits per heavy atom. The van der Waals surface area contributed by atoms with Gasteiger partial charge in [0.25, 0.3) is 0 Å². The van der Waals surface area contributed by atoms with Gasteiger partial charge in [0.1, 0.15) is 11.5 Å². The first-order valence-electron chi connectivity index (χ1n) is 10.5. The Bertz CT molecular complexity index is 1240. The second-order valence-electron chi connectivity index (χ2n) is 7.56. The lowest BCUT2D eigenvalue weighted by Crippen LogP contribution is -2.32. The van der Waals surface area contributed by atoms with Crippen molar-refractivity contribution in [3.05, 3.63) is 77.8 Å². The highest BCUT2D eigenvalue weighted by atomic mass is 35.5. The number of nitrogens with zero attached hydrogens (tertiary/aromatic N) is 2. The molecule has 0 saturated carbocycles. The second kappa shape index (κ2) is 10.1. The van der Waals surface area contributed by atoms with Crippen LogP contribution in [0.25, 0.3) is 0 Å². The van der Waals surface area contributed by atoms with Crippen LogP contribution in [0.3, 0.4) is 0 Å². The van der Waals surface area contributed by atoms with Crippen molar-refractivity contribution in [2.45, 2.75) is 25.9 Å². The minimum Gasteiger partial charge on any atom is -0.466 e. The van der Waals surface area contributed by atoms with Crippen LogP contribution in [0.4, 0.5) is 35.0 Å². The van der Waals surface area contributed by atoms with Crippen LogP contribution in [0.1, 0.15) is 13.3 Å². The Morgan fingerprint density at radius 1 is 1.03 bits per heavy atom. The summed E-state index contributed by atoms with van der Waals surface area (Å²) in [5.74, 6) is 0.0166. The van der Waals surface area contributed by atoms with Gasteiger partial charge in [-0.15, -0.1) is 13.2 Å². The van der Waals surface area contributed by atoms with Gasteiger partial charge in [0, 0.05) is 17.8 Å². The lowest BCUT2D eigenvalue weighted by molar-refractivity contribution is -0.274. The summed E-state index contributed by atoms with van der Waals surface area (Å²) in [7, 11) is 0. The van der Waals surface area contributed by atoms with Crippen LogP contribution < -0.4 is 25.1 Å². The summed E-state index contributed by atoms with van der Waals surface area (Å²) >= 11 is 6.34. The fourth-order valence-electron chi connectivity index (χ4n) is 3.41. The second-order valence-corrected chi connectivity index (χ2v) is 7.96. The molecule has 11 heteroatoms. The van der Waals surface area contributed by atoms with Gasteiger partial charge in [-0.1, -0.05) is 35.9 Å². The van der Waals surface area contributed by atoms with Gasteiger partial charge < -0.3 is 20.1 Å². The fraction of sp³-hybridized carbons (Fsp3) is 0.167. The van der Waals surface area contributed by atoms with Crippen LogP contribution in [0.15, 0.2) is 77.9 Å². The van der Waals surface area contributed by atoms with Crippen molar-refractivity contribution in [1.82, 2.24) is 0 Å². The Labute approximate surface area is 204 Å². The van der Waals surface area contributed by atoms with E-state index in [-0.39, 0.29) is 11.4 Å². The summed E-state index contributed by atoms with van der Waals surface area (Å²) in [6.45, 7) is 1.88. The van der Waals surface area contributed by atoms with Crippen LogP contribution in [0.5, 0.6) is 11.5 Å². The van der Waals surface area contributed by atoms with Crippen LogP contribution in [0, 0.1) is 0 Å². The van der Waals surface area contributed by atoms with Gasteiger partial charge in [0.05, 0.1) is 16.4 Å². The lowest BCUT2D eigenvalue weighted by atomic mass is 10.2. The number of hydrogen-bond donors (Lipinski definition) is 2. The van der Waals surface area contributed by atoms with Crippen molar-refractivity contribution in [3.8, 4) is 11.5 Å². The molecule has 3 aromatic rings. The van der Waals surface area contributed by atoms with Crippen molar-refractivity contribution < 1.29 is 27.4 Å². The Morgan fingerprint density at radius 2 is 1.71 bits per heavy atom. The van der Waals surface area contributed by atoms with E-state index in [0.717, 1.165) is 17.8 Å². The topological polar surface area (TPSA) is 75.2 Å². The molecule has 0 saturated heterocycles. The minimum absolute atomic E-state index is 0.278. The zero-order valence-corrected chi connectivity index (χ0v) is 19.1. The molecule has 3 aromatic carbocycles. The van der Waals surface area contributed by atoms with Gasteiger partial charge in [0.2, 0.25) is 0 Å². The predicted octanol–water partition coefficient (Wildman–Crippen LogP) is 6.87. The molecular formula is C24H20ClF3N4O3. The third-order valence-corrected chi connectivity index (χ3v) is 5.18. The summed E-state index contributed by atoms with van der Waals surface area (Å²) in [5.41, 5.74) is 2.22. The van der Waals surface area contributed by atoms with Crippen LogP contribution >= 0.6 is 11.6 Å². The van der Waals surface area contributed by atoms with E-state index in [4.69, 9.17) is 16.3 Å². The highest BCUT2D eigenvalue weighted by Crippen LogP contribution is 2.34. The number of para-hydroxylation sites is 3. The molecule has 0 bridgehead atoms. The van der Waals surface area contributed by atoms with E-state index in [1.54, 1.807) is 35.3 Å². The Kier molecular flexibility index (Phi) is 7.02. The normalized spacial score (nSPS) is 15.4. The lowest BCUT2D eigenvalue weighted by Gasteiger charge is -2.26. The molecule has 1 aliphatic rings. The molecule has 35 heavy (non-hydrogen) atoms.